The number of nitrogens with one attached hydrogen (secondary N) is 1. The summed E-state index contributed by atoms with van der Waals surface area (Å²) in [7, 11) is -3.43. The van der Waals surface area contributed by atoms with Crippen LogP contribution in [0.1, 0.15) is 13.3 Å². The summed E-state index contributed by atoms with van der Waals surface area (Å²) >= 11 is 7.69. The van der Waals surface area contributed by atoms with Gasteiger partial charge in [0, 0.05) is 32.7 Å². The van der Waals surface area contributed by atoms with Crippen LogP contribution in [0, 0.1) is 0 Å². The molecule has 1 heterocycles. The van der Waals surface area contributed by atoms with Gasteiger partial charge in [-0.05, 0) is 37.5 Å². The van der Waals surface area contributed by atoms with Crippen LogP contribution in [0.5, 0.6) is 5.75 Å². The third kappa shape index (κ3) is 7.97. The Balaban J connectivity index is 1.81. The van der Waals surface area contributed by atoms with Gasteiger partial charge in [0.1, 0.15) is 18.4 Å². The molecule has 7 nitrogen and oxygen atoms in total. The molecule has 29 heavy (non-hydrogen) atoms. The Morgan fingerprint density at radius 3 is 2.59 bits per heavy atom. The van der Waals surface area contributed by atoms with Gasteiger partial charge in [-0.25, -0.2) is 13.1 Å². The minimum Gasteiger partial charge on any atom is -0.491 e. The summed E-state index contributed by atoms with van der Waals surface area (Å²) in [5.74, 6) is 1.22. The van der Waals surface area contributed by atoms with E-state index in [2.05, 4.69) is 9.62 Å². The van der Waals surface area contributed by atoms with Gasteiger partial charge in [-0.15, -0.1) is 0 Å². The topological polar surface area (TPSA) is 79.0 Å². The average Bonchev–Trinajstić information content (AvgIpc) is 2.72. The Morgan fingerprint density at radius 2 is 1.97 bits per heavy atom. The fraction of sp³-hybridized carbons (Fsp3) is 0.632. The number of piperazine rings is 1. The molecule has 0 aliphatic carbocycles. The molecule has 10 heteroatoms. The van der Waals surface area contributed by atoms with E-state index in [4.69, 9.17) is 16.3 Å². The first kappa shape index (κ1) is 24.3. The van der Waals surface area contributed by atoms with E-state index in [1.165, 1.54) is 0 Å². The van der Waals surface area contributed by atoms with Crippen LogP contribution < -0.4 is 9.46 Å². The second kappa shape index (κ2) is 12.0. The monoisotopic (exact) mass is 463 g/mol. The molecule has 0 bridgehead atoms. The third-order valence-corrected chi connectivity index (χ3v) is 7.16. The molecule has 1 amide bonds. The van der Waals surface area contributed by atoms with E-state index in [-0.39, 0.29) is 11.7 Å². The number of sulfonamides is 1. The molecule has 1 aliphatic rings. The van der Waals surface area contributed by atoms with E-state index in [1.54, 1.807) is 29.7 Å². The summed E-state index contributed by atoms with van der Waals surface area (Å²) in [6, 6.07) is 6.68. The zero-order valence-electron chi connectivity index (χ0n) is 17.0. The normalized spacial score (nSPS) is 16.6. The van der Waals surface area contributed by atoms with Crippen LogP contribution in [0.4, 0.5) is 0 Å². The van der Waals surface area contributed by atoms with Crippen molar-refractivity contribution < 1.29 is 17.9 Å². The summed E-state index contributed by atoms with van der Waals surface area (Å²) in [5.41, 5.74) is 0. The van der Waals surface area contributed by atoms with Crippen molar-refractivity contribution >= 4 is 39.3 Å². The standard InChI is InChI=1S/C19H30ClN3O4S2/c1-3-29(25,26)21-17(8-15-28-2)19(24)23-11-9-22(10-12-23)13-14-27-18-7-5-4-6-16(18)20/h4-7,17,21H,3,8-15H2,1-2H3. The highest BCUT2D eigenvalue weighted by Gasteiger charge is 2.29. The van der Waals surface area contributed by atoms with Crippen molar-refractivity contribution in [3.8, 4) is 5.75 Å². The number of para-hydroxylation sites is 1. The molecule has 0 saturated carbocycles. The quantitative estimate of drug-likeness (QED) is 0.540. The van der Waals surface area contributed by atoms with Gasteiger partial charge in [-0.3, -0.25) is 9.69 Å². The molecule has 0 spiro atoms. The number of carbonyl (C=O) groups excluding carboxylic acids is 1. The van der Waals surface area contributed by atoms with Crippen molar-refractivity contribution in [1.29, 1.82) is 0 Å². The summed E-state index contributed by atoms with van der Waals surface area (Å²) in [4.78, 5) is 16.9. The molecule has 1 aromatic carbocycles. The first-order chi connectivity index (χ1) is 13.9. The van der Waals surface area contributed by atoms with Crippen LogP contribution in [0.2, 0.25) is 5.02 Å². The lowest BCUT2D eigenvalue weighted by atomic mass is 10.2. The smallest absolute Gasteiger partial charge is 0.240 e. The highest BCUT2D eigenvalue weighted by atomic mass is 35.5. The van der Waals surface area contributed by atoms with Crippen molar-refractivity contribution in [3.05, 3.63) is 29.3 Å². The second-order valence-corrected chi connectivity index (χ2v) is 10.2. The van der Waals surface area contributed by atoms with Gasteiger partial charge in [-0.1, -0.05) is 23.7 Å². The predicted molar refractivity (Wildman–Crippen MR) is 119 cm³/mol. The van der Waals surface area contributed by atoms with Gasteiger partial charge < -0.3 is 9.64 Å². The summed E-state index contributed by atoms with van der Waals surface area (Å²) < 4.78 is 32.2. The Hall–Kier alpha value is -1.00. The van der Waals surface area contributed by atoms with E-state index in [0.29, 0.717) is 36.9 Å². The number of thioether (sulfide) groups is 1. The van der Waals surface area contributed by atoms with Gasteiger partial charge in [0.15, 0.2) is 0 Å². The van der Waals surface area contributed by atoms with E-state index in [1.807, 2.05) is 24.5 Å². The largest absolute Gasteiger partial charge is 0.491 e. The fourth-order valence-corrected chi connectivity index (χ4v) is 4.51. The van der Waals surface area contributed by atoms with Crippen LogP contribution in [-0.4, -0.2) is 87.3 Å². The predicted octanol–water partition coefficient (Wildman–Crippen LogP) is 1.92. The maximum Gasteiger partial charge on any atom is 0.240 e. The van der Waals surface area contributed by atoms with E-state index in [9.17, 15) is 13.2 Å². The van der Waals surface area contributed by atoms with Crippen LogP contribution in [-0.2, 0) is 14.8 Å². The Bertz CT molecular complexity index is 756. The summed E-state index contributed by atoms with van der Waals surface area (Å²) in [5, 5.41) is 0.591. The zero-order chi connectivity index (χ0) is 21.3. The van der Waals surface area contributed by atoms with E-state index in [0.717, 1.165) is 25.4 Å². The number of benzene rings is 1. The van der Waals surface area contributed by atoms with Gasteiger partial charge in [-0.2, -0.15) is 11.8 Å². The van der Waals surface area contributed by atoms with Gasteiger partial charge in [0.25, 0.3) is 0 Å². The van der Waals surface area contributed by atoms with E-state index < -0.39 is 16.1 Å². The zero-order valence-corrected chi connectivity index (χ0v) is 19.4. The van der Waals surface area contributed by atoms with Crippen molar-refractivity contribution in [3.63, 3.8) is 0 Å². The van der Waals surface area contributed by atoms with Gasteiger partial charge in [0.2, 0.25) is 15.9 Å². The molecule has 1 aromatic rings. The Kier molecular flexibility index (Phi) is 10.0. The van der Waals surface area contributed by atoms with Gasteiger partial charge >= 0.3 is 0 Å². The van der Waals surface area contributed by atoms with Crippen LogP contribution >= 0.6 is 23.4 Å². The van der Waals surface area contributed by atoms with Crippen molar-refractivity contribution in [2.24, 2.45) is 0 Å². The highest BCUT2D eigenvalue weighted by molar-refractivity contribution is 7.98. The molecular weight excluding hydrogens is 434 g/mol. The Labute approximate surface area is 183 Å². The third-order valence-electron chi connectivity index (χ3n) is 4.80. The number of amides is 1. The minimum atomic E-state index is -3.43. The molecule has 0 aromatic heterocycles. The molecule has 1 N–H and O–H groups in total. The lowest BCUT2D eigenvalue weighted by Crippen LogP contribution is -2.55. The number of hydrogen-bond donors (Lipinski definition) is 1. The van der Waals surface area contributed by atoms with Crippen LogP contribution in [0.15, 0.2) is 24.3 Å². The number of nitrogens with zero attached hydrogens (tertiary/aromatic N) is 2. The number of hydrogen-bond acceptors (Lipinski definition) is 6. The number of halogens is 1. The average molecular weight is 464 g/mol. The molecule has 1 fully saturated rings. The summed E-state index contributed by atoms with van der Waals surface area (Å²) in [6.45, 7) is 5.45. The fourth-order valence-electron chi connectivity index (χ4n) is 3.03. The molecule has 2 rings (SSSR count). The highest BCUT2D eigenvalue weighted by Crippen LogP contribution is 2.23. The SMILES string of the molecule is CCS(=O)(=O)NC(CCSC)C(=O)N1CCN(CCOc2ccccc2Cl)CC1. The first-order valence-corrected chi connectivity index (χ1v) is 13.2. The maximum absolute atomic E-state index is 12.9. The van der Waals surface area contributed by atoms with E-state index >= 15 is 0 Å². The van der Waals surface area contributed by atoms with Gasteiger partial charge in [0.05, 0.1) is 10.8 Å². The van der Waals surface area contributed by atoms with Crippen LogP contribution in [0.3, 0.4) is 0 Å². The van der Waals surface area contributed by atoms with Crippen molar-refractivity contribution in [1.82, 2.24) is 14.5 Å². The second-order valence-electron chi connectivity index (χ2n) is 6.80. The molecule has 1 atom stereocenters. The summed E-state index contributed by atoms with van der Waals surface area (Å²) in [6.07, 6.45) is 2.43. The molecule has 0 radical (unpaired) electrons. The molecule has 164 valence electrons. The first-order valence-electron chi connectivity index (χ1n) is 9.73. The molecule has 1 aliphatic heterocycles. The van der Waals surface area contributed by atoms with Crippen LogP contribution in [0.25, 0.3) is 0 Å². The molecule has 1 saturated heterocycles. The molecular formula is C19H30ClN3O4S2. The maximum atomic E-state index is 12.9. The molecule has 1 unspecified atom stereocenters. The lowest BCUT2D eigenvalue weighted by Gasteiger charge is -2.36. The Morgan fingerprint density at radius 1 is 1.28 bits per heavy atom. The minimum absolute atomic E-state index is 0.0325. The van der Waals surface area contributed by atoms with Crippen molar-refractivity contribution in [2.45, 2.75) is 19.4 Å². The number of ether oxygens (including phenoxy) is 1. The number of rotatable bonds is 11. The van der Waals surface area contributed by atoms with Crippen molar-refractivity contribution in [2.75, 3.05) is 57.1 Å². The lowest BCUT2D eigenvalue weighted by molar-refractivity contribution is -0.134. The number of carbonyl (C=O) groups is 1.